The highest BCUT2D eigenvalue weighted by atomic mass is 16.2. The van der Waals surface area contributed by atoms with E-state index in [2.05, 4.69) is 29.0 Å². The molecule has 0 aromatic carbocycles. The van der Waals surface area contributed by atoms with Crippen LogP contribution in [0.15, 0.2) is 24.5 Å². The van der Waals surface area contributed by atoms with Crippen LogP contribution in [-0.4, -0.2) is 32.5 Å². The molecule has 1 aliphatic carbocycles. The standard InChI is InChI=1S/C18H24N4O/c1-3-10-22(12-14-6-8-19-9-7-14)18(23)17-15-11-13(2)4-5-16(15)20-21-17/h6-9,13H,3-5,10-12H2,1-2H3,(H,20,21)/t13-/m0/s1. The number of amides is 1. The number of hydrogen-bond donors (Lipinski definition) is 1. The highest BCUT2D eigenvalue weighted by Crippen LogP contribution is 2.27. The SMILES string of the molecule is CCCN(Cc1ccncc1)C(=O)c1n[nH]c2c1C[C@@H](C)CC2. The van der Waals surface area contributed by atoms with E-state index in [1.165, 1.54) is 6.42 Å². The molecule has 1 N–H and O–H groups in total. The minimum atomic E-state index is 0.0373. The molecule has 0 fully saturated rings. The first-order valence-corrected chi connectivity index (χ1v) is 8.43. The molecule has 122 valence electrons. The Kier molecular flexibility index (Phi) is 4.74. The lowest BCUT2D eigenvalue weighted by atomic mass is 9.87. The molecular weight excluding hydrogens is 288 g/mol. The molecule has 0 saturated carbocycles. The van der Waals surface area contributed by atoms with Gasteiger partial charge in [-0.25, -0.2) is 0 Å². The van der Waals surface area contributed by atoms with Gasteiger partial charge < -0.3 is 4.90 Å². The number of nitrogens with zero attached hydrogens (tertiary/aromatic N) is 3. The van der Waals surface area contributed by atoms with Crippen molar-refractivity contribution in [1.82, 2.24) is 20.1 Å². The van der Waals surface area contributed by atoms with E-state index in [1.54, 1.807) is 12.4 Å². The maximum atomic E-state index is 13.0. The van der Waals surface area contributed by atoms with Gasteiger partial charge in [0.25, 0.3) is 5.91 Å². The van der Waals surface area contributed by atoms with E-state index in [0.717, 1.165) is 42.6 Å². The molecule has 0 saturated heterocycles. The lowest BCUT2D eigenvalue weighted by Gasteiger charge is -2.23. The zero-order valence-electron chi connectivity index (χ0n) is 13.9. The normalized spacial score (nSPS) is 16.9. The maximum absolute atomic E-state index is 13.0. The van der Waals surface area contributed by atoms with E-state index >= 15 is 0 Å². The van der Waals surface area contributed by atoms with Gasteiger partial charge in [0, 0.05) is 36.7 Å². The zero-order chi connectivity index (χ0) is 16.2. The summed E-state index contributed by atoms with van der Waals surface area (Å²) in [7, 11) is 0. The fourth-order valence-electron chi connectivity index (χ4n) is 3.23. The number of aromatic nitrogens is 3. The highest BCUT2D eigenvalue weighted by molar-refractivity contribution is 5.94. The summed E-state index contributed by atoms with van der Waals surface area (Å²) in [5.74, 6) is 0.654. The van der Waals surface area contributed by atoms with E-state index in [0.29, 0.717) is 18.2 Å². The summed E-state index contributed by atoms with van der Waals surface area (Å²) in [6.07, 6.45) is 7.57. The molecule has 0 radical (unpaired) electrons. The quantitative estimate of drug-likeness (QED) is 0.923. The summed E-state index contributed by atoms with van der Waals surface area (Å²) in [5, 5.41) is 7.43. The van der Waals surface area contributed by atoms with Gasteiger partial charge in [0.1, 0.15) is 0 Å². The van der Waals surface area contributed by atoms with Gasteiger partial charge in [-0.05, 0) is 49.3 Å². The van der Waals surface area contributed by atoms with Crippen molar-refractivity contribution in [2.75, 3.05) is 6.54 Å². The Bertz CT molecular complexity index is 665. The summed E-state index contributed by atoms with van der Waals surface area (Å²) < 4.78 is 0. The first kappa shape index (κ1) is 15.7. The third kappa shape index (κ3) is 3.44. The second-order valence-electron chi connectivity index (χ2n) is 6.46. The van der Waals surface area contributed by atoms with Crippen LogP contribution >= 0.6 is 0 Å². The van der Waals surface area contributed by atoms with E-state index in [9.17, 15) is 4.79 Å². The third-order valence-corrected chi connectivity index (χ3v) is 4.50. The number of carbonyl (C=O) groups excluding carboxylic acids is 1. The van der Waals surface area contributed by atoms with Crippen LogP contribution in [0.2, 0.25) is 0 Å². The number of aryl methyl sites for hydroxylation is 1. The van der Waals surface area contributed by atoms with Gasteiger partial charge in [0.05, 0.1) is 0 Å². The summed E-state index contributed by atoms with van der Waals surface area (Å²) in [4.78, 5) is 18.9. The predicted octanol–water partition coefficient (Wildman–Crippen LogP) is 2.98. The second kappa shape index (κ2) is 6.94. The fourth-order valence-corrected chi connectivity index (χ4v) is 3.23. The van der Waals surface area contributed by atoms with Crippen LogP contribution in [0.4, 0.5) is 0 Å². The molecule has 2 heterocycles. The third-order valence-electron chi connectivity index (χ3n) is 4.50. The monoisotopic (exact) mass is 312 g/mol. The molecule has 1 amide bonds. The number of H-pyrrole nitrogens is 1. The zero-order valence-corrected chi connectivity index (χ0v) is 13.9. The molecule has 5 nitrogen and oxygen atoms in total. The number of aromatic amines is 1. The molecule has 0 unspecified atom stereocenters. The van der Waals surface area contributed by atoms with Crippen LogP contribution in [0.1, 0.15) is 54.0 Å². The van der Waals surface area contributed by atoms with Gasteiger partial charge in [0.15, 0.2) is 5.69 Å². The van der Waals surface area contributed by atoms with Crippen molar-refractivity contribution in [2.24, 2.45) is 5.92 Å². The van der Waals surface area contributed by atoms with E-state index in [4.69, 9.17) is 0 Å². The summed E-state index contributed by atoms with van der Waals surface area (Å²) >= 11 is 0. The Morgan fingerprint density at radius 3 is 2.91 bits per heavy atom. The first-order valence-electron chi connectivity index (χ1n) is 8.43. The summed E-state index contributed by atoms with van der Waals surface area (Å²) in [6, 6.07) is 3.91. The minimum Gasteiger partial charge on any atom is -0.333 e. The summed E-state index contributed by atoms with van der Waals surface area (Å²) in [6.45, 7) is 5.67. The topological polar surface area (TPSA) is 61.9 Å². The molecular formula is C18H24N4O. The predicted molar refractivity (Wildman–Crippen MR) is 89.0 cm³/mol. The van der Waals surface area contributed by atoms with Gasteiger partial charge in [-0.1, -0.05) is 13.8 Å². The molecule has 2 aromatic heterocycles. The van der Waals surface area contributed by atoms with E-state index in [-0.39, 0.29) is 5.91 Å². The smallest absolute Gasteiger partial charge is 0.274 e. The van der Waals surface area contributed by atoms with Crippen LogP contribution in [0.5, 0.6) is 0 Å². The largest absolute Gasteiger partial charge is 0.333 e. The van der Waals surface area contributed by atoms with Crippen LogP contribution in [-0.2, 0) is 19.4 Å². The number of rotatable bonds is 5. The molecule has 5 heteroatoms. The van der Waals surface area contributed by atoms with Crippen molar-refractivity contribution < 1.29 is 4.79 Å². The van der Waals surface area contributed by atoms with Crippen molar-refractivity contribution in [3.63, 3.8) is 0 Å². The fraction of sp³-hybridized carbons (Fsp3) is 0.500. The van der Waals surface area contributed by atoms with Crippen molar-refractivity contribution >= 4 is 5.91 Å². The highest BCUT2D eigenvalue weighted by Gasteiger charge is 2.27. The van der Waals surface area contributed by atoms with Crippen LogP contribution in [0, 0.1) is 5.92 Å². The number of carbonyl (C=O) groups is 1. The van der Waals surface area contributed by atoms with Crippen molar-refractivity contribution in [1.29, 1.82) is 0 Å². The molecule has 1 aliphatic rings. The Morgan fingerprint density at radius 2 is 2.17 bits per heavy atom. The molecule has 1 atom stereocenters. The molecule has 0 spiro atoms. The number of hydrogen-bond acceptors (Lipinski definition) is 3. The summed E-state index contributed by atoms with van der Waals surface area (Å²) in [5.41, 5.74) is 3.99. The Hall–Kier alpha value is -2.17. The van der Waals surface area contributed by atoms with Crippen molar-refractivity contribution in [2.45, 2.75) is 46.1 Å². The molecule has 0 bridgehead atoms. The van der Waals surface area contributed by atoms with Crippen molar-refractivity contribution in [3.8, 4) is 0 Å². The molecule has 3 rings (SSSR count). The van der Waals surface area contributed by atoms with Crippen LogP contribution < -0.4 is 0 Å². The van der Waals surface area contributed by atoms with Crippen LogP contribution in [0.25, 0.3) is 0 Å². The lowest BCUT2D eigenvalue weighted by Crippen LogP contribution is -2.32. The first-order chi connectivity index (χ1) is 11.2. The van der Waals surface area contributed by atoms with Crippen LogP contribution in [0.3, 0.4) is 0 Å². The average molecular weight is 312 g/mol. The second-order valence-corrected chi connectivity index (χ2v) is 6.46. The molecule has 23 heavy (non-hydrogen) atoms. The van der Waals surface area contributed by atoms with Gasteiger partial charge in [-0.3, -0.25) is 14.9 Å². The number of pyridine rings is 1. The van der Waals surface area contributed by atoms with Gasteiger partial charge in [0.2, 0.25) is 0 Å². The maximum Gasteiger partial charge on any atom is 0.274 e. The number of nitrogens with one attached hydrogen (secondary N) is 1. The Labute approximate surface area is 137 Å². The molecule has 0 aliphatic heterocycles. The van der Waals surface area contributed by atoms with Gasteiger partial charge >= 0.3 is 0 Å². The van der Waals surface area contributed by atoms with E-state index in [1.807, 2.05) is 17.0 Å². The minimum absolute atomic E-state index is 0.0373. The lowest BCUT2D eigenvalue weighted by molar-refractivity contribution is 0.0735. The molecule has 2 aromatic rings. The Morgan fingerprint density at radius 1 is 1.39 bits per heavy atom. The van der Waals surface area contributed by atoms with Crippen molar-refractivity contribution in [3.05, 3.63) is 47.0 Å². The Balaban J connectivity index is 1.83. The van der Waals surface area contributed by atoms with Gasteiger partial charge in [-0.15, -0.1) is 0 Å². The van der Waals surface area contributed by atoms with E-state index < -0.39 is 0 Å². The van der Waals surface area contributed by atoms with Gasteiger partial charge in [-0.2, -0.15) is 5.10 Å². The number of fused-ring (bicyclic) bond motifs is 1. The average Bonchev–Trinajstić information content (AvgIpc) is 2.97.